The van der Waals surface area contributed by atoms with Crippen LogP contribution < -0.4 is 10.2 Å². The molecule has 2 N–H and O–H groups in total. The number of hydrogen-bond donors (Lipinski definition) is 2. The molecule has 2 atom stereocenters. The summed E-state index contributed by atoms with van der Waals surface area (Å²) in [7, 11) is 0. The van der Waals surface area contributed by atoms with Crippen molar-refractivity contribution < 1.29 is 19.2 Å². The first-order valence-electron chi connectivity index (χ1n) is 8.86. The number of carbonyl (C=O) groups excluding carboxylic acids is 2. The van der Waals surface area contributed by atoms with Crippen molar-refractivity contribution in [1.29, 1.82) is 0 Å². The highest BCUT2D eigenvalue weighted by Gasteiger charge is 2.29. The zero-order chi connectivity index (χ0) is 17.5. The number of anilines is 1. The van der Waals surface area contributed by atoms with E-state index in [1.165, 1.54) is 4.90 Å². The fourth-order valence-corrected chi connectivity index (χ4v) is 3.40. The maximum absolute atomic E-state index is 12.2. The molecule has 1 aliphatic rings. The van der Waals surface area contributed by atoms with Crippen LogP contribution in [0, 0.1) is 19.8 Å². The first-order chi connectivity index (χ1) is 11.5. The Balaban J connectivity index is 1.79. The zero-order valence-corrected chi connectivity index (χ0v) is 15.0. The molecule has 132 valence electrons. The third-order valence-corrected chi connectivity index (χ3v) is 4.45. The highest BCUT2D eigenvalue weighted by atomic mass is 16.5. The topological polar surface area (TPSA) is 59.8 Å². The van der Waals surface area contributed by atoms with Crippen LogP contribution in [0.25, 0.3) is 0 Å². The van der Waals surface area contributed by atoms with Crippen molar-refractivity contribution in [2.24, 2.45) is 5.92 Å². The molecule has 0 bridgehead atoms. The lowest BCUT2D eigenvalue weighted by molar-refractivity contribution is -0.906. The number of nitrogens with one attached hydrogen (secondary N) is 2. The van der Waals surface area contributed by atoms with Crippen LogP contribution >= 0.6 is 0 Å². The van der Waals surface area contributed by atoms with Gasteiger partial charge < -0.3 is 15.0 Å². The molecule has 24 heavy (non-hydrogen) atoms. The summed E-state index contributed by atoms with van der Waals surface area (Å²) >= 11 is 0. The predicted octanol–water partition coefficient (Wildman–Crippen LogP) is 1.49. The molecule has 1 aromatic carbocycles. The van der Waals surface area contributed by atoms with Gasteiger partial charge in [0.1, 0.15) is 5.92 Å². The number of ether oxygens (including phenoxy) is 1. The predicted molar refractivity (Wildman–Crippen MR) is 94.1 cm³/mol. The molecule has 5 heteroatoms. The molecule has 0 radical (unpaired) electrons. The summed E-state index contributed by atoms with van der Waals surface area (Å²) in [6, 6.07) is 6.05. The summed E-state index contributed by atoms with van der Waals surface area (Å²) in [5.74, 6) is -0.0728. The Hall–Kier alpha value is -1.88. The van der Waals surface area contributed by atoms with Gasteiger partial charge in [-0.1, -0.05) is 6.07 Å². The van der Waals surface area contributed by atoms with E-state index in [0.29, 0.717) is 13.0 Å². The molecular formula is C19H29N2O3+. The molecule has 0 aromatic heterocycles. The Labute approximate surface area is 144 Å². The molecule has 2 rings (SSSR count). The average Bonchev–Trinajstić information content (AvgIpc) is 2.52. The summed E-state index contributed by atoms with van der Waals surface area (Å²) in [5.41, 5.74) is 3.14. The Morgan fingerprint density at radius 3 is 2.62 bits per heavy atom. The molecule has 0 aliphatic carbocycles. The number of esters is 1. The number of aryl methyl sites for hydroxylation is 2. The summed E-state index contributed by atoms with van der Waals surface area (Å²) in [5, 5.41) is 2.97. The van der Waals surface area contributed by atoms with Gasteiger partial charge in [0.25, 0.3) is 0 Å². The van der Waals surface area contributed by atoms with Crippen molar-refractivity contribution in [3.63, 3.8) is 0 Å². The van der Waals surface area contributed by atoms with Crippen LogP contribution in [0.3, 0.4) is 0 Å². The van der Waals surface area contributed by atoms with Gasteiger partial charge in [-0.15, -0.1) is 0 Å². The number of carbonyl (C=O) groups is 2. The molecular weight excluding hydrogens is 304 g/mol. The maximum atomic E-state index is 12.2. The second-order valence-electron chi connectivity index (χ2n) is 6.72. The first-order valence-corrected chi connectivity index (χ1v) is 8.86. The Bertz CT molecular complexity index is 566. The van der Waals surface area contributed by atoms with E-state index in [4.69, 9.17) is 4.74 Å². The van der Waals surface area contributed by atoms with E-state index in [9.17, 15) is 9.59 Å². The summed E-state index contributed by atoms with van der Waals surface area (Å²) < 4.78 is 5.13. The molecule has 1 heterocycles. The molecule has 1 aromatic rings. The number of hydrogen-bond acceptors (Lipinski definition) is 3. The summed E-state index contributed by atoms with van der Waals surface area (Å²) in [6.45, 7) is 8.87. The van der Waals surface area contributed by atoms with Gasteiger partial charge in [-0.2, -0.15) is 0 Å². The second-order valence-corrected chi connectivity index (χ2v) is 6.72. The molecule has 1 aliphatic heterocycles. The molecule has 1 fully saturated rings. The normalized spacial score (nSPS) is 20.5. The van der Waals surface area contributed by atoms with Crippen LogP contribution in [0.1, 0.15) is 37.3 Å². The standard InChI is InChI=1S/C19H28N2O3/c1-4-24-19(23)16-6-5-8-21(13-16)9-7-18(22)20-17-11-14(2)10-15(3)12-17/h10-12,16H,4-9,13H2,1-3H3,(H,20,22)/p+1/t16-/m1/s1. The molecule has 1 saturated heterocycles. The number of benzene rings is 1. The first kappa shape index (κ1) is 18.5. The quantitative estimate of drug-likeness (QED) is 0.776. The summed E-state index contributed by atoms with van der Waals surface area (Å²) in [4.78, 5) is 25.4. The van der Waals surface area contributed by atoms with Gasteiger partial charge in [-0.05, 0) is 56.9 Å². The van der Waals surface area contributed by atoms with Crippen molar-refractivity contribution in [3.8, 4) is 0 Å². The van der Waals surface area contributed by atoms with Crippen molar-refractivity contribution in [2.75, 3.05) is 31.6 Å². The molecule has 1 unspecified atom stereocenters. The Morgan fingerprint density at radius 1 is 1.25 bits per heavy atom. The number of amides is 1. The van der Waals surface area contributed by atoms with Crippen molar-refractivity contribution in [1.82, 2.24) is 0 Å². The molecule has 0 saturated carbocycles. The van der Waals surface area contributed by atoms with Gasteiger partial charge in [0.2, 0.25) is 5.91 Å². The van der Waals surface area contributed by atoms with Crippen LogP contribution in [-0.4, -0.2) is 38.1 Å². The van der Waals surface area contributed by atoms with Crippen LogP contribution in [0.5, 0.6) is 0 Å². The third kappa shape index (κ3) is 5.64. The monoisotopic (exact) mass is 333 g/mol. The van der Waals surface area contributed by atoms with E-state index < -0.39 is 0 Å². The van der Waals surface area contributed by atoms with Crippen molar-refractivity contribution in [2.45, 2.75) is 40.0 Å². The third-order valence-electron chi connectivity index (χ3n) is 4.45. The van der Waals surface area contributed by atoms with E-state index in [2.05, 4.69) is 11.4 Å². The number of rotatable bonds is 6. The fourth-order valence-electron chi connectivity index (χ4n) is 3.40. The van der Waals surface area contributed by atoms with E-state index in [1.54, 1.807) is 0 Å². The van der Waals surface area contributed by atoms with Gasteiger partial charge >= 0.3 is 5.97 Å². The highest BCUT2D eigenvalue weighted by Crippen LogP contribution is 2.14. The lowest BCUT2D eigenvalue weighted by Crippen LogP contribution is -3.13. The average molecular weight is 333 g/mol. The van der Waals surface area contributed by atoms with Gasteiger partial charge in [-0.3, -0.25) is 9.59 Å². The van der Waals surface area contributed by atoms with Crippen molar-refractivity contribution >= 4 is 17.6 Å². The minimum atomic E-state index is -0.0885. The van der Waals surface area contributed by atoms with Gasteiger partial charge in [0, 0.05) is 5.69 Å². The molecule has 5 nitrogen and oxygen atoms in total. The largest absolute Gasteiger partial charge is 0.466 e. The smallest absolute Gasteiger partial charge is 0.314 e. The SMILES string of the molecule is CCOC(=O)[C@@H]1CCC[NH+](CCC(=O)Nc2cc(C)cc(C)c2)C1. The highest BCUT2D eigenvalue weighted by molar-refractivity contribution is 5.90. The lowest BCUT2D eigenvalue weighted by Gasteiger charge is -2.28. The van der Waals surface area contributed by atoms with Crippen LogP contribution in [0.15, 0.2) is 18.2 Å². The number of quaternary nitrogens is 1. The second kappa shape index (κ2) is 8.83. The Morgan fingerprint density at radius 2 is 1.96 bits per heavy atom. The minimum Gasteiger partial charge on any atom is -0.466 e. The molecule has 1 amide bonds. The van der Waals surface area contributed by atoms with E-state index in [1.807, 2.05) is 32.9 Å². The van der Waals surface area contributed by atoms with Crippen LogP contribution in [0.2, 0.25) is 0 Å². The number of piperidine rings is 1. The van der Waals surface area contributed by atoms with Crippen LogP contribution in [-0.2, 0) is 14.3 Å². The van der Waals surface area contributed by atoms with E-state index in [-0.39, 0.29) is 17.8 Å². The van der Waals surface area contributed by atoms with Gasteiger partial charge in [-0.25, -0.2) is 0 Å². The summed E-state index contributed by atoms with van der Waals surface area (Å²) in [6.07, 6.45) is 2.38. The van der Waals surface area contributed by atoms with Gasteiger partial charge in [0.15, 0.2) is 0 Å². The van der Waals surface area contributed by atoms with Gasteiger partial charge in [0.05, 0.1) is 32.7 Å². The molecule has 0 spiro atoms. The fraction of sp³-hybridized carbons (Fsp3) is 0.579. The van der Waals surface area contributed by atoms with Crippen molar-refractivity contribution in [3.05, 3.63) is 29.3 Å². The number of likely N-dealkylation sites (tertiary alicyclic amines) is 1. The zero-order valence-electron chi connectivity index (χ0n) is 15.0. The van der Waals surface area contributed by atoms with E-state index in [0.717, 1.165) is 49.3 Å². The lowest BCUT2D eigenvalue weighted by atomic mass is 9.98. The minimum absolute atomic E-state index is 0.0174. The maximum Gasteiger partial charge on any atom is 0.314 e. The van der Waals surface area contributed by atoms with Crippen LogP contribution in [0.4, 0.5) is 5.69 Å². The van der Waals surface area contributed by atoms with E-state index >= 15 is 0 Å². The Kier molecular flexibility index (Phi) is 6.79.